The van der Waals surface area contributed by atoms with Crippen LogP contribution < -0.4 is 19.5 Å². The standard InChI is InChI=1S/C40H54N2O9/c1-48-34-22-20-27(24-35(34)49-2)19-21-33(30-16-11-17-31(25-30)50-26-36(43)44)51-40(47)32-18-9-10-23-42(32)39(46)37(28-12-5-3-6-13-28)41-38(45)29-14-7-4-8-15-29/h11,16-17,20,22,24-25,28-29,32-33,37H,3-10,12-15,18-19,21,23,26H2,1-2H3,(H,41,45)(H,43,44)/t32-,33?,37?/m0/s1. The summed E-state index contributed by atoms with van der Waals surface area (Å²) in [5, 5.41) is 12.3. The van der Waals surface area contributed by atoms with E-state index in [0.29, 0.717) is 48.6 Å². The molecule has 11 nitrogen and oxygen atoms in total. The number of hydrogen-bond acceptors (Lipinski definition) is 8. The molecular weight excluding hydrogens is 652 g/mol. The summed E-state index contributed by atoms with van der Waals surface area (Å²) in [6.45, 7) is -0.0753. The van der Waals surface area contributed by atoms with Gasteiger partial charge in [0.05, 0.1) is 14.2 Å². The number of carboxylic acids is 1. The molecule has 3 fully saturated rings. The SMILES string of the molecule is COc1ccc(CCC(OC(=O)[C@@H]2CCCCN2C(=O)C(NC(=O)C2CCCCC2)C2CCCCC2)c2cccc(OCC(=O)O)c2)cc1OC. The number of carboxylic acid groups (broad SMARTS) is 1. The van der Waals surface area contributed by atoms with E-state index < -0.39 is 36.7 Å². The van der Waals surface area contributed by atoms with Gasteiger partial charge in [0.2, 0.25) is 11.8 Å². The minimum atomic E-state index is -1.10. The van der Waals surface area contributed by atoms with Crippen LogP contribution in [0.4, 0.5) is 0 Å². The van der Waals surface area contributed by atoms with Gasteiger partial charge in [-0.15, -0.1) is 0 Å². The summed E-state index contributed by atoms with van der Waals surface area (Å²) >= 11 is 0. The Morgan fingerprint density at radius 1 is 0.843 bits per heavy atom. The molecule has 1 aliphatic heterocycles. The Balaban J connectivity index is 1.36. The second-order valence-corrected chi connectivity index (χ2v) is 14.2. The average molecular weight is 707 g/mol. The molecule has 0 spiro atoms. The minimum absolute atomic E-state index is 0.0324. The summed E-state index contributed by atoms with van der Waals surface area (Å²) in [6, 6.07) is 11.1. The van der Waals surface area contributed by atoms with Gasteiger partial charge in [-0.25, -0.2) is 9.59 Å². The predicted molar refractivity (Wildman–Crippen MR) is 191 cm³/mol. The lowest BCUT2D eigenvalue weighted by Gasteiger charge is -2.40. The Morgan fingerprint density at radius 3 is 2.25 bits per heavy atom. The van der Waals surface area contributed by atoms with Gasteiger partial charge < -0.3 is 34.3 Å². The number of carbonyl (C=O) groups is 4. The summed E-state index contributed by atoms with van der Waals surface area (Å²) in [4.78, 5) is 55.1. The molecule has 2 aromatic rings. The molecule has 1 heterocycles. The Morgan fingerprint density at radius 2 is 1.55 bits per heavy atom. The fourth-order valence-electron chi connectivity index (χ4n) is 7.90. The lowest BCUT2D eigenvalue weighted by molar-refractivity contribution is -0.163. The lowest BCUT2D eigenvalue weighted by atomic mass is 9.82. The van der Waals surface area contributed by atoms with Crippen molar-refractivity contribution in [2.75, 3.05) is 27.4 Å². The van der Waals surface area contributed by atoms with E-state index in [1.54, 1.807) is 37.3 Å². The molecule has 2 aliphatic carbocycles. The van der Waals surface area contributed by atoms with Crippen molar-refractivity contribution in [3.8, 4) is 17.2 Å². The van der Waals surface area contributed by atoms with Crippen LogP contribution in [0.15, 0.2) is 42.5 Å². The van der Waals surface area contributed by atoms with Crippen LogP contribution in [0.5, 0.6) is 17.2 Å². The molecule has 51 heavy (non-hydrogen) atoms. The van der Waals surface area contributed by atoms with E-state index in [1.807, 2.05) is 24.3 Å². The van der Waals surface area contributed by atoms with Crippen molar-refractivity contribution in [1.29, 1.82) is 0 Å². The van der Waals surface area contributed by atoms with E-state index in [1.165, 1.54) is 0 Å². The molecule has 3 atom stereocenters. The highest BCUT2D eigenvalue weighted by Crippen LogP contribution is 2.34. The fraction of sp³-hybridized carbons (Fsp3) is 0.600. The van der Waals surface area contributed by atoms with Crippen LogP contribution in [-0.2, 0) is 30.3 Å². The molecule has 1 saturated heterocycles. The van der Waals surface area contributed by atoms with Crippen LogP contribution in [0, 0.1) is 11.8 Å². The van der Waals surface area contributed by atoms with Gasteiger partial charge in [-0.1, -0.05) is 56.7 Å². The number of aliphatic carboxylic acids is 1. The van der Waals surface area contributed by atoms with E-state index in [2.05, 4.69) is 5.32 Å². The molecule has 11 heteroatoms. The van der Waals surface area contributed by atoms with Crippen molar-refractivity contribution in [2.24, 2.45) is 11.8 Å². The van der Waals surface area contributed by atoms with Gasteiger partial charge in [0.1, 0.15) is 23.9 Å². The van der Waals surface area contributed by atoms with Crippen molar-refractivity contribution < 1.29 is 43.2 Å². The molecule has 5 rings (SSSR count). The number of amides is 2. The zero-order chi connectivity index (χ0) is 36.2. The van der Waals surface area contributed by atoms with Crippen molar-refractivity contribution >= 4 is 23.8 Å². The number of rotatable bonds is 15. The summed E-state index contributed by atoms with van der Waals surface area (Å²) < 4.78 is 22.6. The Bertz CT molecular complexity index is 1480. The molecule has 0 aromatic heterocycles. The minimum Gasteiger partial charge on any atom is -0.493 e. The number of nitrogens with zero attached hydrogens (tertiary/aromatic N) is 1. The van der Waals surface area contributed by atoms with Crippen LogP contribution in [0.1, 0.15) is 107 Å². The van der Waals surface area contributed by atoms with Gasteiger partial charge >= 0.3 is 11.9 Å². The number of benzene rings is 2. The number of piperidine rings is 1. The van der Waals surface area contributed by atoms with Gasteiger partial charge in [0.15, 0.2) is 18.1 Å². The van der Waals surface area contributed by atoms with Crippen molar-refractivity contribution in [2.45, 2.75) is 114 Å². The first-order valence-corrected chi connectivity index (χ1v) is 18.7. The molecule has 2 unspecified atom stereocenters. The molecule has 2 N–H and O–H groups in total. The third-order valence-corrected chi connectivity index (χ3v) is 10.7. The Labute approximate surface area is 301 Å². The van der Waals surface area contributed by atoms with Gasteiger partial charge in [0.25, 0.3) is 0 Å². The maximum absolute atomic E-state index is 14.5. The molecule has 2 amide bonds. The van der Waals surface area contributed by atoms with E-state index in [4.69, 9.17) is 24.1 Å². The van der Waals surface area contributed by atoms with Crippen LogP contribution in [-0.4, -0.2) is 73.2 Å². The van der Waals surface area contributed by atoms with Crippen molar-refractivity contribution in [3.63, 3.8) is 0 Å². The summed E-state index contributed by atoms with van der Waals surface area (Å²) in [7, 11) is 3.15. The van der Waals surface area contributed by atoms with Crippen molar-refractivity contribution in [3.05, 3.63) is 53.6 Å². The quantitative estimate of drug-likeness (QED) is 0.201. The van der Waals surface area contributed by atoms with E-state index >= 15 is 0 Å². The first-order chi connectivity index (χ1) is 24.8. The molecule has 0 radical (unpaired) electrons. The first kappa shape index (κ1) is 38.0. The average Bonchev–Trinajstić information content (AvgIpc) is 3.17. The highest BCUT2D eigenvalue weighted by molar-refractivity contribution is 5.91. The number of likely N-dealkylation sites (tertiary alicyclic amines) is 1. The molecule has 3 aliphatic rings. The number of carbonyl (C=O) groups excluding carboxylic acids is 3. The van der Waals surface area contributed by atoms with Gasteiger partial charge in [-0.05, 0) is 99.1 Å². The first-order valence-electron chi connectivity index (χ1n) is 18.7. The fourth-order valence-corrected chi connectivity index (χ4v) is 7.90. The van der Waals surface area contributed by atoms with Crippen LogP contribution in [0.3, 0.4) is 0 Å². The molecule has 278 valence electrons. The Hall–Kier alpha value is -4.28. The molecule has 2 saturated carbocycles. The van der Waals surface area contributed by atoms with Crippen LogP contribution in [0.25, 0.3) is 0 Å². The zero-order valence-corrected chi connectivity index (χ0v) is 30.1. The lowest BCUT2D eigenvalue weighted by Crippen LogP contribution is -2.58. The molecular formula is C40H54N2O9. The number of esters is 1. The largest absolute Gasteiger partial charge is 0.493 e. The van der Waals surface area contributed by atoms with Gasteiger partial charge in [-0.2, -0.15) is 0 Å². The highest BCUT2D eigenvalue weighted by atomic mass is 16.5. The molecule has 2 aromatic carbocycles. The summed E-state index contributed by atoms with van der Waals surface area (Å²) in [5.41, 5.74) is 1.60. The van der Waals surface area contributed by atoms with Crippen LogP contribution >= 0.6 is 0 Å². The van der Waals surface area contributed by atoms with E-state index in [-0.39, 0.29) is 23.7 Å². The number of methoxy groups -OCH3 is 2. The predicted octanol–water partition coefficient (Wildman–Crippen LogP) is 6.41. The third-order valence-electron chi connectivity index (χ3n) is 10.7. The zero-order valence-electron chi connectivity index (χ0n) is 30.1. The maximum atomic E-state index is 14.5. The Kier molecular flexibility index (Phi) is 14.0. The smallest absolute Gasteiger partial charge is 0.341 e. The van der Waals surface area contributed by atoms with E-state index in [9.17, 15) is 19.2 Å². The molecule has 0 bridgehead atoms. The number of hydrogen-bond donors (Lipinski definition) is 2. The second kappa shape index (κ2) is 18.8. The van der Waals surface area contributed by atoms with E-state index in [0.717, 1.165) is 82.6 Å². The van der Waals surface area contributed by atoms with Crippen molar-refractivity contribution in [1.82, 2.24) is 10.2 Å². The number of aryl methyl sites for hydroxylation is 1. The maximum Gasteiger partial charge on any atom is 0.341 e. The normalized spacial score (nSPS) is 19.7. The summed E-state index contributed by atoms with van der Waals surface area (Å²) in [5.74, 6) is -0.280. The third kappa shape index (κ3) is 10.4. The second-order valence-electron chi connectivity index (χ2n) is 14.2. The summed E-state index contributed by atoms with van der Waals surface area (Å²) in [6.07, 6.45) is 12.1. The van der Waals surface area contributed by atoms with Gasteiger partial charge in [-0.3, -0.25) is 9.59 Å². The van der Waals surface area contributed by atoms with Crippen LogP contribution in [0.2, 0.25) is 0 Å². The topological polar surface area (TPSA) is 141 Å². The number of nitrogens with one attached hydrogen (secondary N) is 1. The number of ether oxygens (including phenoxy) is 4. The highest BCUT2D eigenvalue weighted by Gasteiger charge is 2.41. The van der Waals surface area contributed by atoms with Gasteiger partial charge in [0, 0.05) is 12.5 Å². The monoisotopic (exact) mass is 706 g/mol.